The van der Waals surface area contributed by atoms with Crippen LogP contribution in [0.5, 0.6) is 0 Å². The van der Waals surface area contributed by atoms with Crippen molar-refractivity contribution < 1.29 is 5.11 Å². The Balaban J connectivity index is 2.17. The maximum atomic E-state index is 9.44. The van der Waals surface area contributed by atoms with Gasteiger partial charge in [0.15, 0.2) is 0 Å². The lowest BCUT2D eigenvalue weighted by Gasteiger charge is -2.44. The first kappa shape index (κ1) is 8.52. The van der Waals surface area contributed by atoms with Crippen LogP contribution in [-0.4, -0.2) is 36.2 Å². The molecule has 1 aliphatic heterocycles. The first-order chi connectivity index (χ1) is 5.78. The van der Waals surface area contributed by atoms with E-state index in [1.165, 1.54) is 38.6 Å². The number of hydrogen-bond donors (Lipinski definition) is 1. The van der Waals surface area contributed by atoms with Crippen LogP contribution in [0.2, 0.25) is 0 Å². The molecule has 1 heterocycles. The van der Waals surface area contributed by atoms with Gasteiger partial charge in [0.1, 0.15) is 0 Å². The van der Waals surface area contributed by atoms with E-state index < -0.39 is 0 Å². The van der Waals surface area contributed by atoms with Gasteiger partial charge in [0, 0.05) is 11.5 Å². The molecular formula is C10H19NO. The second-order valence-electron chi connectivity index (χ2n) is 4.51. The van der Waals surface area contributed by atoms with E-state index in [1.807, 2.05) is 0 Å². The van der Waals surface area contributed by atoms with Gasteiger partial charge in [-0.25, -0.2) is 0 Å². The van der Waals surface area contributed by atoms with Crippen molar-refractivity contribution in [3.8, 4) is 0 Å². The summed E-state index contributed by atoms with van der Waals surface area (Å²) in [5.74, 6) is 0. The number of nitrogens with zero attached hydrogens (tertiary/aromatic N) is 1. The van der Waals surface area contributed by atoms with Gasteiger partial charge in [-0.1, -0.05) is 6.42 Å². The van der Waals surface area contributed by atoms with Gasteiger partial charge in [-0.3, -0.25) is 0 Å². The molecule has 2 rings (SSSR count). The average Bonchev–Trinajstić information content (AvgIpc) is 2.50. The van der Waals surface area contributed by atoms with Crippen LogP contribution in [0.3, 0.4) is 0 Å². The second-order valence-corrected chi connectivity index (χ2v) is 4.51. The number of likely N-dealkylation sites (tertiary alicyclic amines) is 1. The Labute approximate surface area is 74.6 Å². The van der Waals surface area contributed by atoms with Gasteiger partial charge in [-0.2, -0.15) is 0 Å². The molecule has 2 fully saturated rings. The molecule has 0 spiro atoms. The van der Waals surface area contributed by atoms with Crippen LogP contribution in [0.15, 0.2) is 0 Å². The lowest BCUT2D eigenvalue weighted by atomic mass is 9.76. The Morgan fingerprint density at radius 1 is 1.42 bits per heavy atom. The number of hydrogen-bond acceptors (Lipinski definition) is 2. The van der Waals surface area contributed by atoms with Crippen LogP contribution in [0.1, 0.15) is 32.1 Å². The number of fused-ring (bicyclic) bond motifs is 1. The second kappa shape index (κ2) is 3.00. The van der Waals surface area contributed by atoms with Crippen molar-refractivity contribution in [2.75, 3.05) is 20.2 Å². The average molecular weight is 169 g/mol. The van der Waals surface area contributed by atoms with Gasteiger partial charge >= 0.3 is 0 Å². The molecule has 1 saturated carbocycles. The summed E-state index contributed by atoms with van der Waals surface area (Å²) >= 11 is 0. The van der Waals surface area contributed by atoms with Crippen molar-refractivity contribution in [1.29, 1.82) is 0 Å². The van der Waals surface area contributed by atoms with E-state index in [2.05, 4.69) is 11.9 Å². The number of rotatable bonds is 1. The predicted octanol–water partition coefficient (Wildman–Crippen LogP) is 1.24. The van der Waals surface area contributed by atoms with E-state index in [-0.39, 0.29) is 5.41 Å². The minimum atomic E-state index is 0.285. The van der Waals surface area contributed by atoms with E-state index in [1.54, 1.807) is 0 Å². The summed E-state index contributed by atoms with van der Waals surface area (Å²) in [5.41, 5.74) is 0.285. The minimum absolute atomic E-state index is 0.285. The highest BCUT2D eigenvalue weighted by Gasteiger charge is 2.45. The zero-order chi connectivity index (χ0) is 8.60. The van der Waals surface area contributed by atoms with Crippen molar-refractivity contribution in [2.24, 2.45) is 5.41 Å². The van der Waals surface area contributed by atoms with Gasteiger partial charge in [-0.15, -0.1) is 0 Å². The van der Waals surface area contributed by atoms with Crippen LogP contribution in [0.4, 0.5) is 0 Å². The first-order valence-corrected chi connectivity index (χ1v) is 5.10. The van der Waals surface area contributed by atoms with E-state index in [0.29, 0.717) is 12.6 Å². The third kappa shape index (κ3) is 1.09. The van der Waals surface area contributed by atoms with Crippen LogP contribution in [0, 0.1) is 5.41 Å². The zero-order valence-corrected chi connectivity index (χ0v) is 7.92. The maximum Gasteiger partial charge on any atom is 0.0502 e. The summed E-state index contributed by atoms with van der Waals surface area (Å²) < 4.78 is 0. The fourth-order valence-electron chi connectivity index (χ4n) is 3.20. The Hall–Kier alpha value is -0.0800. The SMILES string of the molecule is CN1CCC[C@]2(CO)CCC[C@@H]12. The minimum Gasteiger partial charge on any atom is -0.396 e. The third-order valence-electron chi connectivity index (χ3n) is 3.89. The van der Waals surface area contributed by atoms with E-state index in [4.69, 9.17) is 0 Å². The van der Waals surface area contributed by atoms with E-state index in [0.717, 1.165) is 0 Å². The highest BCUT2D eigenvalue weighted by molar-refractivity contribution is 4.99. The molecule has 70 valence electrons. The Morgan fingerprint density at radius 3 is 2.83 bits per heavy atom. The fourth-order valence-corrected chi connectivity index (χ4v) is 3.20. The number of aliphatic hydroxyl groups excluding tert-OH is 1. The molecule has 1 N–H and O–H groups in total. The van der Waals surface area contributed by atoms with Gasteiger partial charge in [0.05, 0.1) is 6.61 Å². The number of aliphatic hydroxyl groups is 1. The molecule has 2 atom stereocenters. The largest absolute Gasteiger partial charge is 0.396 e. The summed E-state index contributed by atoms with van der Waals surface area (Å²) in [5, 5.41) is 9.44. The van der Waals surface area contributed by atoms with Gasteiger partial charge in [-0.05, 0) is 39.3 Å². The summed E-state index contributed by atoms with van der Waals surface area (Å²) in [6.45, 7) is 1.63. The third-order valence-corrected chi connectivity index (χ3v) is 3.89. The van der Waals surface area contributed by atoms with Gasteiger partial charge in [0.25, 0.3) is 0 Å². The number of piperidine rings is 1. The monoisotopic (exact) mass is 169 g/mol. The summed E-state index contributed by atoms with van der Waals surface area (Å²) in [4.78, 5) is 2.45. The normalized spacial score (nSPS) is 43.0. The van der Waals surface area contributed by atoms with Crippen molar-refractivity contribution in [1.82, 2.24) is 4.90 Å². The topological polar surface area (TPSA) is 23.5 Å². The first-order valence-electron chi connectivity index (χ1n) is 5.10. The van der Waals surface area contributed by atoms with E-state index in [9.17, 15) is 5.11 Å². The van der Waals surface area contributed by atoms with Gasteiger partial charge in [0.2, 0.25) is 0 Å². The molecule has 12 heavy (non-hydrogen) atoms. The molecule has 0 aromatic heterocycles. The molecule has 2 heteroatoms. The molecule has 0 aromatic rings. The molecule has 1 saturated heterocycles. The lowest BCUT2D eigenvalue weighted by molar-refractivity contribution is 0.00742. The van der Waals surface area contributed by atoms with Crippen molar-refractivity contribution in [2.45, 2.75) is 38.1 Å². The smallest absolute Gasteiger partial charge is 0.0502 e. The van der Waals surface area contributed by atoms with Crippen LogP contribution >= 0.6 is 0 Å². The van der Waals surface area contributed by atoms with Crippen LogP contribution in [-0.2, 0) is 0 Å². The van der Waals surface area contributed by atoms with Crippen LogP contribution in [0.25, 0.3) is 0 Å². The Bertz CT molecular complexity index is 171. The fraction of sp³-hybridized carbons (Fsp3) is 1.00. The van der Waals surface area contributed by atoms with Crippen molar-refractivity contribution in [3.05, 3.63) is 0 Å². The van der Waals surface area contributed by atoms with Crippen molar-refractivity contribution >= 4 is 0 Å². The molecular weight excluding hydrogens is 150 g/mol. The Kier molecular flexibility index (Phi) is 2.13. The molecule has 2 nitrogen and oxygen atoms in total. The Morgan fingerprint density at radius 2 is 2.17 bits per heavy atom. The molecule has 1 aliphatic carbocycles. The predicted molar refractivity (Wildman–Crippen MR) is 49.0 cm³/mol. The molecule has 0 unspecified atom stereocenters. The standard InChI is InChI=1S/C10H19NO/c1-11-7-3-6-10(8-12)5-2-4-9(10)11/h9,12H,2-8H2,1H3/t9-,10+/m1/s1. The van der Waals surface area contributed by atoms with Crippen molar-refractivity contribution in [3.63, 3.8) is 0 Å². The molecule has 0 aromatic carbocycles. The molecule has 0 amide bonds. The highest BCUT2D eigenvalue weighted by Crippen LogP contribution is 2.46. The molecule has 0 bridgehead atoms. The molecule has 0 radical (unpaired) electrons. The van der Waals surface area contributed by atoms with Crippen LogP contribution < -0.4 is 0 Å². The summed E-state index contributed by atoms with van der Waals surface area (Å²) in [7, 11) is 2.21. The summed E-state index contributed by atoms with van der Waals surface area (Å²) in [6.07, 6.45) is 6.39. The highest BCUT2D eigenvalue weighted by atomic mass is 16.3. The maximum absolute atomic E-state index is 9.44. The van der Waals surface area contributed by atoms with Gasteiger partial charge < -0.3 is 10.0 Å². The zero-order valence-electron chi connectivity index (χ0n) is 7.92. The lowest BCUT2D eigenvalue weighted by Crippen LogP contribution is -2.49. The summed E-state index contributed by atoms with van der Waals surface area (Å²) in [6, 6.07) is 0.677. The molecule has 2 aliphatic rings. The van der Waals surface area contributed by atoms with E-state index >= 15 is 0 Å². The quantitative estimate of drug-likeness (QED) is 0.638.